The van der Waals surface area contributed by atoms with Gasteiger partial charge in [-0.05, 0) is 46.5 Å². The molecule has 0 saturated heterocycles. The predicted molar refractivity (Wildman–Crippen MR) is 153 cm³/mol. The number of aliphatic hydroxyl groups excluding tert-OH is 6. The molecule has 0 fully saturated rings. The average molecular weight is 573 g/mol. The molecular weight excluding hydrogens is 516 g/mol. The van der Waals surface area contributed by atoms with E-state index in [4.69, 9.17) is 46.0 Å². The number of carbonyl (C=O) groups is 3. The summed E-state index contributed by atoms with van der Waals surface area (Å²) in [6, 6.07) is 0. The zero-order valence-corrected chi connectivity index (χ0v) is 24.9. The molecule has 0 atom stereocenters. The molecule has 0 aliphatic rings. The molecule has 0 aromatic rings. The van der Waals surface area contributed by atoms with E-state index in [1.54, 1.807) is 0 Å². The number of aliphatic hydroxyl groups is 6. The fourth-order valence-electron chi connectivity index (χ4n) is 0.485. The quantitative estimate of drug-likeness (QED) is 0.172. The predicted octanol–water partition coefficient (Wildman–Crippen LogP) is 2.47. The van der Waals surface area contributed by atoms with Gasteiger partial charge in [0.05, 0.1) is 19.8 Å². The van der Waals surface area contributed by atoms with Crippen molar-refractivity contribution in [3.63, 3.8) is 0 Å². The minimum absolute atomic E-state index is 0.156. The van der Waals surface area contributed by atoms with Crippen molar-refractivity contribution in [2.45, 2.75) is 74.1 Å². The molecule has 0 spiro atoms. The van der Waals surface area contributed by atoms with Crippen LogP contribution in [-0.4, -0.2) is 104 Å². The molecule has 0 amide bonds. The van der Waals surface area contributed by atoms with E-state index in [0.29, 0.717) is 26.2 Å². The molecule has 0 aliphatic carbocycles. The smallest absolute Gasteiger partial charge is 0.330 e. The molecule has 12 nitrogen and oxygen atoms in total. The Hall–Kier alpha value is -2.61. The first-order chi connectivity index (χ1) is 17.9. The molecular formula is C27H56O12. The summed E-state index contributed by atoms with van der Waals surface area (Å²) in [4.78, 5) is 28.8. The Kier molecular flexibility index (Phi) is 57.5. The van der Waals surface area contributed by atoms with E-state index < -0.39 is 23.3 Å². The monoisotopic (exact) mass is 572 g/mol. The first-order valence-electron chi connectivity index (χ1n) is 12.2. The Morgan fingerprint density at radius 3 is 0.641 bits per heavy atom. The Morgan fingerprint density at radius 1 is 0.513 bits per heavy atom. The van der Waals surface area contributed by atoms with Crippen LogP contribution in [0.25, 0.3) is 0 Å². The van der Waals surface area contributed by atoms with E-state index >= 15 is 0 Å². The molecule has 0 aliphatic heterocycles. The SMILES string of the molecule is C=C(C)C(=O)O.C=C(C)C(=O)O.C=C(C)C(=O)O.CCC(CO)(CO)CO.CCCO.CCCO.CCCO. The van der Waals surface area contributed by atoms with Gasteiger partial charge in [-0.1, -0.05) is 47.4 Å². The van der Waals surface area contributed by atoms with Gasteiger partial charge in [-0.3, -0.25) is 0 Å². The fourth-order valence-corrected chi connectivity index (χ4v) is 0.485. The van der Waals surface area contributed by atoms with E-state index in [1.807, 2.05) is 27.7 Å². The van der Waals surface area contributed by atoms with Crippen molar-refractivity contribution in [2.75, 3.05) is 39.6 Å². The van der Waals surface area contributed by atoms with Crippen LogP contribution in [0, 0.1) is 5.41 Å². The third-order valence-electron chi connectivity index (χ3n) is 3.52. The van der Waals surface area contributed by atoms with Crippen molar-refractivity contribution in [3.05, 3.63) is 36.5 Å². The first kappa shape index (κ1) is 52.8. The van der Waals surface area contributed by atoms with Gasteiger partial charge in [-0.15, -0.1) is 0 Å². The van der Waals surface area contributed by atoms with Crippen LogP contribution < -0.4 is 0 Å². The highest BCUT2D eigenvalue weighted by atomic mass is 16.4. The van der Waals surface area contributed by atoms with Crippen LogP contribution >= 0.6 is 0 Å². The fraction of sp³-hybridized carbons (Fsp3) is 0.667. The number of hydrogen-bond donors (Lipinski definition) is 9. The molecule has 0 saturated carbocycles. The lowest BCUT2D eigenvalue weighted by Gasteiger charge is -2.24. The number of carboxylic acid groups (broad SMARTS) is 3. The summed E-state index contributed by atoms with van der Waals surface area (Å²) >= 11 is 0. The van der Waals surface area contributed by atoms with Crippen molar-refractivity contribution in [3.8, 4) is 0 Å². The van der Waals surface area contributed by atoms with Gasteiger partial charge < -0.3 is 46.0 Å². The summed E-state index contributed by atoms with van der Waals surface area (Å²) in [6.45, 7) is 21.9. The second-order valence-electron chi connectivity index (χ2n) is 7.76. The molecule has 0 unspecified atom stereocenters. The van der Waals surface area contributed by atoms with E-state index in [1.165, 1.54) is 20.8 Å². The van der Waals surface area contributed by atoms with E-state index in [-0.39, 0.29) is 36.5 Å². The maximum absolute atomic E-state index is 9.60. The largest absolute Gasteiger partial charge is 0.478 e. The molecule has 236 valence electrons. The molecule has 0 bridgehead atoms. The second-order valence-corrected chi connectivity index (χ2v) is 7.76. The molecule has 0 aromatic carbocycles. The molecule has 39 heavy (non-hydrogen) atoms. The Balaban J connectivity index is -0.0000000626. The van der Waals surface area contributed by atoms with Gasteiger partial charge in [0.15, 0.2) is 0 Å². The molecule has 0 aromatic heterocycles. The highest BCUT2D eigenvalue weighted by Crippen LogP contribution is 2.18. The van der Waals surface area contributed by atoms with Crippen LogP contribution in [0.5, 0.6) is 0 Å². The van der Waals surface area contributed by atoms with Gasteiger partial charge in [-0.25, -0.2) is 14.4 Å². The zero-order valence-electron chi connectivity index (χ0n) is 24.9. The van der Waals surface area contributed by atoms with Gasteiger partial charge >= 0.3 is 17.9 Å². The number of aliphatic carboxylic acids is 3. The van der Waals surface area contributed by atoms with Crippen LogP contribution in [0.1, 0.15) is 74.1 Å². The van der Waals surface area contributed by atoms with Gasteiger partial charge in [0.1, 0.15) is 0 Å². The Bertz CT molecular complexity index is 471. The summed E-state index contributed by atoms with van der Waals surface area (Å²) in [6.07, 6.45) is 3.22. The van der Waals surface area contributed by atoms with Gasteiger partial charge in [-0.2, -0.15) is 0 Å². The second kappa shape index (κ2) is 42.5. The molecule has 12 heteroatoms. The third kappa shape index (κ3) is 66.3. The number of carboxylic acids is 3. The van der Waals surface area contributed by atoms with Gasteiger partial charge in [0.2, 0.25) is 0 Å². The van der Waals surface area contributed by atoms with Crippen molar-refractivity contribution in [1.82, 2.24) is 0 Å². The molecule has 9 N–H and O–H groups in total. The standard InChI is InChI=1S/C6H14O3.3C4H6O2.3C3H8O/c1-2-6(3-7,4-8)5-9;3*1-3(2)4(5)6;3*1-2-3-4/h7-9H,2-5H2,1H3;3*1H2,2H3,(H,5,6);3*4H,2-3H2,1H3. The van der Waals surface area contributed by atoms with Crippen LogP contribution in [0.15, 0.2) is 36.5 Å². The summed E-state index contributed by atoms with van der Waals surface area (Å²) in [5.41, 5.74) is -0.139. The van der Waals surface area contributed by atoms with Gasteiger partial charge in [0, 0.05) is 42.0 Å². The van der Waals surface area contributed by atoms with Gasteiger partial charge in [0.25, 0.3) is 0 Å². The summed E-state index contributed by atoms with van der Waals surface area (Å²) < 4.78 is 0. The maximum Gasteiger partial charge on any atom is 0.330 e. The minimum Gasteiger partial charge on any atom is -0.478 e. The lowest BCUT2D eigenvalue weighted by Crippen LogP contribution is -2.32. The zero-order chi connectivity index (χ0) is 33.0. The Morgan fingerprint density at radius 2 is 0.641 bits per heavy atom. The van der Waals surface area contributed by atoms with E-state index in [9.17, 15) is 14.4 Å². The molecule has 0 radical (unpaired) electrons. The number of rotatable bonds is 10. The lowest BCUT2D eigenvalue weighted by molar-refractivity contribution is -0.133. The van der Waals surface area contributed by atoms with Crippen molar-refractivity contribution < 1.29 is 60.3 Å². The molecule has 0 heterocycles. The summed E-state index contributed by atoms with van der Waals surface area (Å²) in [5, 5.41) is 73.3. The maximum atomic E-state index is 9.60. The summed E-state index contributed by atoms with van der Waals surface area (Å²) in [7, 11) is 0. The summed E-state index contributed by atoms with van der Waals surface area (Å²) in [5.74, 6) is -2.81. The minimum atomic E-state index is -0.935. The molecule has 0 rings (SSSR count). The van der Waals surface area contributed by atoms with Crippen LogP contribution in [-0.2, 0) is 14.4 Å². The third-order valence-corrected chi connectivity index (χ3v) is 3.52. The van der Waals surface area contributed by atoms with Crippen LogP contribution in [0.2, 0.25) is 0 Å². The van der Waals surface area contributed by atoms with E-state index in [0.717, 1.165) is 19.3 Å². The van der Waals surface area contributed by atoms with Crippen molar-refractivity contribution in [2.24, 2.45) is 5.41 Å². The van der Waals surface area contributed by atoms with Crippen molar-refractivity contribution >= 4 is 17.9 Å². The first-order valence-corrected chi connectivity index (χ1v) is 12.2. The average Bonchev–Trinajstić information content (AvgIpc) is 2.91. The van der Waals surface area contributed by atoms with E-state index in [2.05, 4.69) is 19.7 Å². The highest BCUT2D eigenvalue weighted by molar-refractivity contribution is 5.85. The number of hydrogen-bond acceptors (Lipinski definition) is 9. The topological polar surface area (TPSA) is 233 Å². The van der Waals surface area contributed by atoms with Crippen LogP contribution in [0.4, 0.5) is 0 Å². The normalized spacial score (nSPS) is 8.54. The highest BCUT2D eigenvalue weighted by Gasteiger charge is 2.24. The van der Waals surface area contributed by atoms with Crippen molar-refractivity contribution in [1.29, 1.82) is 0 Å². The van der Waals surface area contributed by atoms with Crippen LogP contribution in [0.3, 0.4) is 0 Å². The Labute approximate surface area is 234 Å². The lowest BCUT2D eigenvalue weighted by atomic mass is 9.88.